The normalized spacial score (nSPS) is 11.0. The van der Waals surface area contributed by atoms with Crippen LogP contribution in [-0.2, 0) is 16.6 Å². The monoisotopic (exact) mass is 408 g/mol. The van der Waals surface area contributed by atoms with Gasteiger partial charge in [0.15, 0.2) is 0 Å². The molecule has 0 unspecified atom stereocenters. The van der Waals surface area contributed by atoms with Gasteiger partial charge in [-0.25, -0.2) is 17.5 Å². The lowest BCUT2D eigenvalue weighted by molar-refractivity contribution is 0.0997. The van der Waals surface area contributed by atoms with Gasteiger partial charge < -0.3 is 10.3 Å². The average Bonchev–Trinajstić information content (AvgIpc) is 2.50. The van der Waals surface area contributed by atoms with E-state index in [0.717, 1.165) is 18.2 Å². The predicted octanol–water partition coefficient (Wildman–Crippen LogP) is 1.24. The zero-order valence-electron chi connectivity index (χ0n) is 12.9. The maximum Gasteiger partial charge on any atom is 0.252 e. The lowest BCUT2D eigenvalue weighted by atomic mass is 10.2. The quantitative estimate of drug-likeness (QED) is 0.690. The van der Waals surface area contributed by atoms with Crippen molar-refractivity contribution in [1.82, 2.24) is 9.29 Å². The second-order valence-corrected chi connectivity index (χ2v) is 7.16. The van der Waals surface area contributed by atoms with Gasteiger partial charge in [0.2, 0.25) is 10.0 Å². The van der Waals surface area contributed by atoms with Gasteiger partial charge >= 0.3 is 0 Å². The summed E-state index contributed by atoms with van der Waals surface area (Å²) < 4.78 is 41.0. The molecule has 1 amide bonds. The molecule has 136 valence electrons. The summed E-state index contributed by atoms with van der Waals surface area (Å²) in [6, 6.07) is 4.42. The molecule has 0 aliphatic heterocycles. The Morgan fingerprint density at radius 2 is 2.04 bits per heavy atom. The van der Waals surface area contributed by atoms with Crippen molar-refractivity contribution >= 4 is 39.9 Å². The number of aromatic nitrogens is 1. The first-order chi connectivity index (χ1) is 11.2. The van der Waals surface area contributed by atoms with E-state index in [1.807, 2.05) is 0 Å². The first-order valence-corrected chi connectivity index (χ1v) is 8.48. The van der Waals surface area contributed by atoms with Gasteiger partial charge in [0.1, 0.15) is 11.3 Å². The van der Waals surface area contributed by atoms with Crippen LogP contribution in [0.5, 0.6) is 0 Å². The fourth-order valence-corrected chi connectivity index (χ4v) is 3.31. The highest BCUT2D eigenvalue weighted by Gasteiger charge is 2.18. The molecule has 0 aliphatic carbocycles. The number of amides is 1. The molecule has 2 rings (SSSR count). The third-order valence-electron chi connectivity index (χ3n) is 3.29. The number of hydrogen-bond donors (Lipinski definition) is 3. The minimum absolute atomic E-state index is 0. The molecular weight excluding hydrogens is 394 g/mol. The number of carbonyl (C=O) groups is 1. The Hall–Kier alpha value is -1.94. The molecule has 1 aromatic carbocycles. The lowest BCUT2D eigenvalue weighted by Crippen LogP contribution is -2.30. The number of carbonyl (C=O) groups excluding carboxylic acids is 1. The molecule has 25 heavy (non-hydrogen) atoms. The van der Waals surface area contributed by atoms with E-state index in [9.17, 15) is 17.6 Å². The van der Waals surface area contributed by atoms with E-state index in [4.69, 9.17) is 22.7 Å². The molecule has 0 saturated heterocycles. The van der Waals surface area contributed by atoms with Gasteiger partial charge in [-0.05, 0) is 36.9 Å². The van der Waals surface area contributed by atoms with E-state index in [0.29, 0.717) is 0 Å². The van der Waals surface area contributed by atoms with Crippen molar-refractivity contribution in [3.63, 3.8) is 0 Å². The molecule has 1 heterocycles. The number of primary amides is 1. The SMILES string of the molecule is CNS(=O)(=O)c1ccc(F)cc1Cn1cc(Cl)cc(C(N)=O)c1=N.Cl. The summed E-state index contributed by atoms with van der Waals surface area (Å²) in [6.07, 6.45) is 1.33. The van der Waals surface area contributed by atoms with Crippen molar-refractivity contribution < 1.29 is 17.6 Å². The van der Waals surface area contributed by atoms with Gasteiger partial charge in [0.25, 0.3) is 5.91 Å². The third kappa shape index (κ3) is 4.57. The Morgan fingerprint density at radius 1 is 1.40 bits per heavy atom. The van der Waals surface area contributed by atoms with Crippen LogP contribution in [0.3, 0.4) is 0 Å². The smallest absolute Gasteiger partial charge is 0.252 e. The van der Waals surface area contributed by atoms with Crippen molar-refractivity contribution in [3.8, 4) is 0 Å². The Morgan fingerprint density at radius 3 is 2.60 bits per heavy atom. The van der Waals surface area contributed by atoms with Gasteiger partial charge in [0.05, 0.1) is 22.0 Å². The average molecular weight is 409 g/mol. The number of rotatable bonds is 5. The standard InChI is InChI=1S/C14H14ClFN4O3S.ClH/c1-19-24(22,23)12-3-2-10(16)4-8(12)6-20-7-9(15)5-11(13(20)17)14(18)21;/h2-5,7,17,19H,6H2,1H3,(H2,18,21);1H. The van der Waals surface area contributed by atoms with Crippen LogP contribution in [0.4, 0.5) is 4.39 Å². The van der Waals surface area contributed by atoms with E-state index in [1.54, 1.807) is 0 Å². The predicted molar refractivity (Wildman–Crippen MR) is 92.8 cm³/mol. The van der Waals surface area contributed by atoms with E-state index >= 15 is 0 Å². The molecule has 0 bridgehead atoms. The molecule has 7 nitrogen and oxygen atoms in total. The summed E-state index contributed by atoms with van der Waals surface area (Å²) >= 11 is 5.90. The van der Waals surface area contributed by atoms with Crippen molar-refractivity contribution in [2.75, 3.05) is 7.05 Å². The number of pyridine rings is 1. The molecular formula is C14H15Cl2FN4O3S. The Balaban J connectivity index is 0.00000312. The van der Waals surface area contributed by atoms with Crippen LogP contribution >= 0.6 is 24.0 Å². The summed E-state index contributed by atoms with van der Waals surface area (Å²) in [5.74, 6) is -1.48. The molecule has 1 aromatic heterocycles. The summed E-state index contributed by atoms with van der Waals surface area (Å²) in [5, 5.41) is 8.13. The van der Waals surface area contributed by atoms with Crippen LogP contribution in [-0.4, -0.2) is 25.9 Å². The summed E-state index contributed by atoms with van der Waals surface area (Å²) in [7, 11) is -2.60. The summed E-state index contributed by atoms with van der Waals surface area (Å²) in [4.78, 5) is 11.2. The first-order valence-electron chi connectivity index (χ1n) is 6.62. The highest BCUT2D eigenvalue weighted by Crippen LogP contribution is 2.18. The minimum atomic E-state index is -3.83. The van der Waals surface area contributed by atoms with Crippen LogP contribution in [0, 0.1) is 11.2 Å². The molecule has 0 atom stereocenters. The van der Waals surface area contributed by atoms with E-state index in [1.165, 1.54) is 23.9 Å². The lowest BCUT2D eigenvalue weighted by Gasteiger charge is -2.14. The van der Waals surface area contributed by atoms with Crippen LogP contribution in [0.2, 0.25) is 5.02 Å². The molecule has 0 fully saturated rings. The van der Waals surface area contributed by atoms with Gasteiger partial charge in [0, 0.05) is 6.20 Å². The van der Waals surface area contributed by atoms with Crippen LogP contribution < -0.4 is 15.9 Å². The van der Waals surface area contributed by atoms with E-state index in [2.05, 4.69) is 4.72 Å². The maximum absolute atomic E-state index is 13.6. The number of sulfonamides is 1. The number of halogens is 3. The summed E-state index contributed by atoms with van der Waals surface area (Å²) in [6.45, 7) is -0.187. The molecule has 4 N–H and O–H groups in total. The van der Waals surface area contributed by atoms with Crippen LogP contribution in [0.15, 0.2) is 35.4 Å². The minimum Gasteiger partial charge on any atom is -0.365 e. The third-order valence-corrected chi connectivity index (χ3v) is 5.01. The maximum atomic E-state index is 13.6. The molecule has 11 heteroatoms. The Bertz CT molecular complexity index is 977. The Kier molecular flexibility index (Phi) is 6.72. The van der Waals surface area contributed by atoms with Crippen molar-refractivity contribution in [2.45, 2.75) is 11.4 Å². The van der Waals surface area contributed by atoms with Crippen molar-refractivity contribution in [1.29, 1.82) is 5.41 Å². The van der Waals surface area contributed by atoms with Gasteiger partial charge in [-0.15, -0.1) is 12.4 Å². The zero-order chi connectivity index (χ0) is 18.1. The summed E-state index contributed by atoms with van der Waals surface area (Å²) in [5.41, 5.74) is 4.90. The second-order valence-electron chi connectivity index (χ2n) is 4.87. The number of benzene rings is 1. The fourth-order valence-electron chi connectivity index (χ4n) is 2.15. The Labute approximate surface area is 154 Å². The van der Waals surface area contributed by atoms with Crippen molar-refractivity contribution in [3.05, 3.63) is 57.9 Å². The highest BCUT2D eigenvalue weighted by atomic mass is 35.5. The van der Waals surface area contributed by atoms with Crippen LogP contribution in [0.25, 0.3) is 0 Å². The van der Waals surface area contributed by atoms with Crippen LogP contribution in [0.1, 0.15) is 15.9 Å². The number of nitrogens with zero attached hydrogens (tertiary/aromatic N) is 1. The molecule has 2 aromatic rings. The van der Waals surface area contributed by atoms with Gasteiger partial charge in [-0.3, -0.25) is 10.2 Å². The first kappa shape index (κ1) is 21.1. The second kappa shape index (κ2) is 7.96. The highest BCUT2D eigenvalue weighted by molar-refractivity contribution is 7.89. The zero-order valence-corrected chi connectivity index (χ0v) is 15.3. The molecule has 0 spiro atoms. The van der Waals surface area contributed by atoms with E-state index in [-0.39, 0.29) is 45.5 Å². The van der Waals surface area contributed by atoms with Gasteiger partial charge in [-0.2, -0.15) is 0 Å². The fraction of sp³-hybridized carbons (Fsp3) is 0.143. The number of nitrogens with one attached hydrogen (secondary N) is 2. The van der Waals surface area contributed by atoms with Gasteiger partial charge in [-0.1, -0.05) is 11.6 Å². The molecule has 0 aliphatic rings. The number of hydrogen-bond acceptors (Lipinski definition) is 4. The topological polar surface area (TPSA) is 118 Å². The van der Waals surface area contributed by atoms with Crippen molar-refractivity contribution in [2.24, 2.45) is 5.73 Å². The largest absolute Gasteiger partial charge is 0.365 e. The number of nitrogens with two attached hydrogens (primary N) is 1. The van der Waals surface area contributed by atoms with E-state index < -0.39 is 21.7 Å². The molecule has 0 radical (unpaired) electrons. The molecule has 0 saturated carbocycles.